The molecule has 0 radical (unpaired) electrons. The van der Waals surface area contributed by atoms with Crippen molar-refractivity contribution in [3.05, 3.63) is 38.6 Å². The van der Waals surface area contributed by atoms with E-state index in [0.717, 1.165) is 32.9 Å². The second kappa shape index (κ2) is 8.23. The number of aromatic nitrogens is 2. The van der Waals surface area contributed by atoms with Gasteiger partial charge in [-0.3, -0.25) is 9.36 Å². The SMILES string of the molecule is CCc1sc2nc(CCOC)n(CCOC)c(=O)c2c1-c1cccs1. The molecule has 7 heteroatoms. The summed E-state index contributed by atoms with van der Waals surface area (Å²) in [5.74, 6) is 0.762. The first-order chi connectivity index (χ1) is 12.2. The summed E-state index contributed by atoms with van der Waals surface area (Å²) in [5, 5.41) is 2.78. The summed E-state index contributed by atoms with van der Waals surface area (Å²) in [6.45, 7) is 3.64. The van der Waals surface area contributed by atoms with Gasteiger partial charge in [-0.15, -0.1) is 22.7 Å². The van der Waals surface area contributed by atoms with Crippen molar-refractivity contribution in [1.29, 1.82) is 0 Å². The minimum absolute atomic E-state index is 0.0208. The van der Waals surface area contributed by atoms with Crippen LogP contribution in [0.2, 0.25) is 0 Å². The van der Waals surface area contributed by atoms with E-state index in [1.807, 2.05) is 11.4 Å². The third kappa shape index (κ3) is 3.55. The van der Waals surface area contributed by atoms with Gasteiger partial charge in [-0.25, -0.2) is 4.98 Å². The van der Waals surface area contributed by atoms with Crippen molar-refractivity contribution in [2.75, 3.05) is 27.4 Å². The van der Waals surface area contributed by atoms with Gasteiger partial charge in [-0.05, 0) is 17.9 Å². The molecule has 0 aliphatic heterocycles. The minimum atomic E-state index is 0.0208. The minimum Gasteiger partial charge on any atom is -0.384 e. The molecule has 0 amide bonds. The van der Waals surface area contributed by atoms with Gasteiger partial charge in [0.25, 0.3) is 5.56 Å². The molecule has 25 heavy (non-hydrogen) atoms. The number of thiophene rings is 2. The lowest BCUT2D eigenvalue weighted by Crippen LogP contribution is -2.27. The molecule has 0 atom stereocenters. The van der Waals surface area contributed by atoms with Crippen LogP contribution in [-0.2, 0) is 28.9 Å². The number of methoxy groups -OCH3 is 2. The Morgan fingerprint density at radius 2 is 2.04 bits per heavy atom. The van der Waals surface area contributed by atoms with E-state index in [2.05, 4.69) is 13.0 Å². The van der Waals surface area contributed by atoms with Crippen molar-refractivity contribution in [1.82, 2.24) is 9.55 Å². The highest BCUT2D eigenvalue weighted by Gasteiger charge is 2.21. The number of fused-ring (bicyclic) bond motifs is 1. The Hall–Kier alpha value is -1.54. The maximum absolute atomic E-state index is 13.3. The van der Waals surface area contributed by atoms with Crippen LogP contribution in [0.5, 0.6) is 0 Å². The number of nitrogens with zero attached hydrogens (tertiary/aromatic N) is 2. The number of hydrogen-bond donors (Lipinski definition) is 0. The van der Waals surface area contributed by atoms with Crippen LogP contribution in [-0.4, -0.2) is 37.0 Å². The summed E-state index contributed by atoms with van der Waals surface area (Å²) in [5.41, 5.74) is 1.08. The first-order valence-corrected chi connectivity index (χ1v) is 9.97. The largest absolute Gasteiger partial charge is 0.384 e. The van der Waals surface area contributed by atoms with Crippen LogP contribution in [0, 0.1) is 0 Å². The van der Waals surface area contributed by atoms with Crippen molar-refractivity contribution >= 4 is 32.9 Å². The summed E-state index contributed by atoms with van der Waals surface area (Å²) in [4.78, 5) is 21.3. The van der Waals surface area contributed by atoms with Gasteiger partial charge in [0.15, 0.2) is 0 Å². The van der Waals surface area contributed by atoms with Crippen molar-refractivity contribution in [3.8, 4) is 10.4 Å². The second-order valence-electron chi connectivity index (χ2n) is 5.63. The van der Waals surface area contributed by atoms with Crippen molar-refractivity contribution < 1.29 is 9.47 Å². The van der Waals surface area contributed by atoms with Gasteiger partial charge in [-0.1, -0.05) is 13.0 Å². The van der Waals surface area contributed by atoms with E-state index in [-0.39, 0.29) is 5.56 Å². The zero-order valence-corrected chi connectivity index (χ0v) is 16.3. The second-order valence-corrected chi connectivity index (χ2v) is 7.66. The predicted molar refractivity (Wildman–Crippen MR) is 104 cm³/mol. The van der Waals surface area contributed by atoms with Gasteiger partial charge in [0.1, 0.15) is 10.7 Å². The molecule has 0 bridgehead atoms. The molecule has 0 aromatic carbocycles. The lowest BCUT2D eigenvalue weighted by Gasteiger charge is -2.12. The molecule has 5 nitrogen and oxygen atoms in total. The number of ether oxygens (including phenoxy) is 2. The van der Waals surface area contributed by atoms with Crippen LogP contribution in [0.1, 0.15) is 17.6 Å². The monoisotopic (exact) mass is 378 g/mol. The highest BCUT2D eigenvalue weighted by Crippen LogP contribution is 2.38. The summed E-state index contributed by atoms with van der Waals surface area (Å²) in [7, 11) is 3.30. The van der Waals surface area contributed by atoms with Crippen molar-refractivity contribution in [3.63, 3.8) is 0 Å². The highest BCUT2D eigenvalue weighted by atomic mass is 32.1. The lowest BCUT2D eigenvalue weighted by molar-refractivity contribution is 0.180. The fourth-order valence-corrected chi connectivity index (χ4v) is 4.90. The van der Waals surface area contributed by atoms with Crippen LogP contribution < -0.4 is 5.56 Å². The molecule has 0 aliphatic carbocycles. The third-order valence-electron chi connectivity index (χ3n) is 4.10. The molecule has 134 valence electrons. The average molecular weight is 379 g/mol. The molecule has 0 saturated heterocycles. The Balaban J connectivity index is 2.25. The molecular formula is C18H22N2O3S2. The Morgan fingerprint density at radius 1 is 1.24 bits per heavy atom. The molecule has 0 N–H and O–H groups in total. The first kappa shape index (κ1) is 18.3. The molecular weight excluding hydrogens is 356 g/mol. The molecule has 0 unspecified atom stereocenters. The van der Waals surface area contributed by atoms with Crippen molar-refractivity contribution in [2.45, 2.75) is 26.3 Å². The van der Waals surface area contributed by atoms with Gasteiger partial charge < -0.3 is 9.47 Å². The van der Waals surface area contributed by atoms with E-state index >= 15 is 0 Å². The predicted octanol–water partition coefficient (Wildman–Crippen LogP) is 3.58. The molecule has 3 aromatic rings. The molecule has 0 spiro atoms. The highest BCUT2D eigenvalue weighted by molar-refractivity contribution is 7.20. The van der Waals surface area contributed by atoms with E-state index in [9.17, 15) is 4.79 Å². The van der Waals surface area contributed by atoms with Crippen LogP contribution in [0.4, 0.5) is 0 Å². The molecule has 0 fully saturated rings. The number of hydrogen-bond acceptors (Lipinski definition) is 6. The summed E-state index contributed by atoms with van der Waals surface area (Å²) in [6.07, 6.45) is 1.50. The Morgan fingerprint density at radius 3 is 2.68 bits per heavy atom. The van der Waals surface area contributed by atoms with E-state index in [1.165, 1.54) is 4.88 Å². The fraction of sp³-hybridized carbons (Fsp3) is 0.444. The van der Waals surface area contributed by atoms with Crippen LogP contribution >= 0.6 is 22.7 Å². The van der Waals surface area contributed by atoms with Gasteiger partial charge >= 0.3 is 0 Å². The summed E-state index contributed by atoms with van der Waals surface area (Å²) in [6, 6.07) is 4.09. The van der Waals surface area contributed by atoms with Gasteiger partial charge in [0.2, 0.25) is 0 Å². The molecule has 3 heterocycles. The summed E-state index contributed by atoms with van der Waals surface area (Å²) >= 11 is 3.29. The third-order valence-corrected chi connectivity index (χ3v) is 6.22. The first-order valence-electron chi connectivity index (χ1n) is 8.28. The van der Waals surface area contributed by atoms with Crippen LogP contribution in [0.15, 0.2) is 22.3 Å². The molecule has 3 aromatic heterocycles. The number of aryl methyl sites for hydroxylation is 1. The van der Waals surface area contributed by atoms with Gasteiger partial charge in [0.05, 0.1) is 25.1 Å². The fourth-order valence-electron chi connectivity index (χ4n) is 2.90. The zero-order valence-electron chi connectivity index (χ0n) is 14.7. The smallest absolute Gasteiger partial charge is 0.263 e. The Bertz CT molecular complexity index is 897. The topological polar surface area (TPSA) is 53.4 Å². The molecule has 0 saturated carbocycles. The standard InChI is InChI=1S/C18H22N2O3S2/c1-4-12-15(13-6-5-11-24-13)16-17(25-12)19-14(7-9-22-2)20(18(16)21)8-10-23-3/h5-6,11H,4,7-10H2,1-3H3. The van der Waals surface area contributed by atoms with E-state index in [1.54, 1.807) is 41.5 Å². The number of rotatable bonds is 8. The zero-order chi connectivity index (χ0) is 17.8. The average Bonchev–Trinajstić information content (AvgIpc) is 3.26. The maximum atomic E-state index is 13.3. The van der Waals surface area contributed by atoms with Crippen molar-refractivity contribution in [2.24, 2.45) is 0 Å². The van der Waals surface area contributed by atoms with Gasteiger partial charge in [0, 0.05) is 36.0 Å². The Kier molecular flexibility index (Phi) is 6.01. The van der Waals surface area contributed by atoms with E-state index in [0.29, 0.717) is 26.2 Å². The molecule has 0 aliphatic rings. The maximum Gasteiger partial charge on any atom is 0.263 e. The summed E-state index contributed by atoms with van der Waals surface area (Å²) < 4.78 is 12.1. The van der Waals surface area contributed by atoms with Gasteiger partial charge in [-0.2, -0.15) is 0 Å². The molecule has 3 rings (SSSR count). The lowest BCUT2D eigenvalue weighted by atomic mass is 10.1. The van der Waals surface area contributed by atoms with E-state index in [4.69, 9.17) is 14.5 Å². The quantitative estimate of drug-likeness (QED) is 0.601. The van der Waals surface area contributed by atoms with E-state index < -0.39 is 0 Å². The Labute approximate surface area is 154 Å². The van der Waals surface area contributed by atoms with Crippen LogP contribution in [0.25, 0.3) is 20.7 Å². The normalized spacial score (nSPS) is 11.5. The van der Waals surface area contributed by atoms with Crippen LogP contribution in [0.3, 0.4) is 0 Å².